The van der Waals surface area contributed by atoms with E-state index >= 15 is 0 Å². The first kappa shape index (κ1) is 12.9. The average Bonchev–Trinajstić information content (AvgIpc) is 2.33. The molecule has 2 nitrogen and oxygen atoms in total. The highest BCUT2D eigenvalue weighted by molar-refractivity contribution is 6.30. The Kier molecular flexibility index (Phi) is 4.43. The predicted octanol–water partition coefficient (Wildman–Crippen LogP) is 2.94. The van der Waals surface area contributed by atoms with Crippen LogP contribution in [0.15, 0.2) is 24.3 Å². The molecule has 3 heteroatoms. The van der Waals surface area contributed by atoms with Crippen molar-refractivity contribution in [3.8, 4) is 0 Å². The second-order valence-electron chi connectivity index (χ2n) is 5.05. The highest BCUT2D eigenvalue weighted by Crippen LogP contribution is 2.33. The Hall–Kier alpha value is -0.570. The zero-order chi connectivity index (χ0) is 12.3. The topological polar surface area (TPSA) is 15.3 Å². The molecule has 94 valence electrons. The van der Waals surface area contributed by atoms with Crippen molar-refractivity contribution in [1.29, 1.82) is 0 Å². The summed E-state index contributed by atoms with van der Waals surface area (Å²) in [7, 11) is 4.34. The second-order valence-corrected chi connectivity index (χ2v) is 5.48. The third-order valence-corrected chi connectivity index (χ3v) is 3.85. The van der Waals surface area contributed by atoms with E-state index in [9.17, 15) is 0 Å². The van der Waals surface area contributed by atoms with Gasteiger partial charge in [-0.15, -0.1) is 0 Å². The molecule has 0 bridgehead atoms. The van der Waals surface area contributed by atoms with Crippen molar-refractivity contribution in [2.45, 2.75) is 18.9 Å². The Morgan fingerprint density at radius 1 is 1.18 bits per heavy atom. The van der Waals surface area contributed by atoms with Crippen LogP contribution in [0, 0.1) is 5.92 Å². The van der Waals surface area contributed by atoms with E-state index in [1.807, 2.05) is 12.1 Å². The summed E-state index contributed by atoms with van der Waals surface area (Å²) in [6.07, 6.45) is 2.51. The quantitative estimate of drug-likeness (QED) is 0.890. The van der Waals surface area contributed by atoms with Gasteiger partial charge in [0.25, 0.3) is 0 Å². The summed E-state index contributed by atoms with van der Waals surface area (Å²) in [5, 5.41) is 4.25. The molecule has 1 heterocycles. The van der Waals surface area contributed by atoms with Crippen LogP contribution in [0.25, 0.3) is 0 Å². The molecular formula is C14H21ClN2. The summed E-state index contributed by atoms with van der Waals surface area (Å²) in [6.45, 7) is 2.28. The zero-order valence-electron chi connectivity index (χ0n) is 10.6. The Balaban J connectivity index is 2.18. The van der Waals surface area contributed by atoms with Crippen molar-refractivity contribution in [3.63, 3.8) is 0 Å². The molecule has 0 aliphatic carbocycles. The summed E-state index contributed by atoms with van der Waals surface area (Å²) >= 11 is 5.96. The van der Waals surface area contributed by atoms with Crippen LogP contribution in [0.5, 0.6) is 0 Å². The lowest BCUT2D eigenvalue weighted by atomic mass is 9.85. The van der Waals surface area contributed by atoms with Gasteiger partial charge in [-0.1, -0.05) is 23.7 Å². The first-order valence-corrected chi connectivity index (χ1v) is 6.69. The third-order valence-electron chi connectivity index (χ3n) is 3.60. The maximum Gasteiger partial charge on any atom is 0.0406 e. The highest BCUT2D eigenvalue weighted by Gasteiger charge is 2.26. The van der Waals surface area contributed by atoms with Crippen LogP contribution in [0.3, 0.4) is 0 Å². The van der Waals surface area contributed by atoms with Gasteiger partial charge in [-0.05, 0) is 63.6 Å². The maximum atomic E-state index is 5.96. The van der Waals surface area contributed by atoms with Gasteiger partial charge in [0.2, 0.25) is 0 Å². The van der Waals surface area contributed by atoms with Gasteiger partial charge in [0.05, 0.1) is 0 Å². The molecule has 1 fully saturated rings. The Morgan fingerprint density at radius 2 is 1.76 bits per heavy atom. The fourth-order valence-electron chi connectivity index (χ4n) is 2.81. The van der Waals surface area contributed by atoms with E-state index in [0.717, 1.165) is 24.0 Å². The average molecular weight is 253 g/mol. The number of nitrogens with one attached hydrogen (secondary N) is 1. The van der Waals surface area contributed by atoms with Crippen molar-refractivity contribution >= 4 is 11.6 Å². The van der Waals surface area contributed by atoms with Crippen molar-refractivity contribution in [2.24, 2.45) is 5.92 Å². The normalized spacial score (nSPS) is 19.5. The van der Waals surface area contributed by atoms with E-state index in [1.165, 1.54) is 18.4 Å². The molecule has 2 rings (SSSR count). The maximum absolute atomic E-state index is 5.96. The van der Waals surface area contributed by atoms with Crippen molar-refractivity contribution < 1.29 is 0 Å². The predicted molar refractivity (Wildman–Crippen MR) is 73.5 cm³/mol. The minimum Gasteiger partial charge on any atom is -0.317 e. The van der Waals surface area contributed by atoms with Gasteiger partial charge in [-0.2, -0.15) is 0 Å². The molecule has 1 aliphatic heterocycles. The SMILES string of the molecule is CN(C)C(c1ccc(Cl)cc1)C1CCNCC1. The number of benzene rings is 1. The van der Waals surface area contributed by atoms with Crippen molar-refractivity contribution in [2.75, 3.05) is 27.2 Å². The highest BCUT2D eigenvalue weighted by atomic mass is 35.5. The van der Waals surface area contributed by atoms with Gasteiger partial charge in [-0.3, -0.25) is 0 Å². The van der Waals surface area contributed by atoms with E-state index in [0.29, 0.717) is 6.04 Å². The molecule has 1 saturated heterocycles. The molecule has 17 heavy (non-hydrogen) atoms. The third kappa shape index (κ3) is 3.21. The van der Waals surface area contributed by atoms with Crippen molar-refractivity contribution in [1.82, 2.24) is 10.2 Å². The van der Waals surface area contributed by atoms with Crippen LogP contribution in [0.2, 0.25) is 5.02 Å². The molecule has 0 amide bonds. The van der Waals surface area contributed by atoms with E-state index in [4.69, 9.17) is 11.6 Å². The van der Waals surface area contributed by atoms with E-state index in [-0.39, 0.29) is 0 Å². The lowest BCUT2D eigenvalue weighted by molar-refractivity contribution is 0.177. The monoisotopic (exact) mass is 252 g/mol. The van der Waals surface area contributed by atoms with Crippen LogP contribution < -0.4 is 5.32 Å². The molecule has 1 N–H and O–H groups in total. The Bertz CT molecular complexity index is 342. The fourth-order valence-corrected chi connectivity index (χ4v) is 2.94. The van der Waals surface area contributed by atoms with Crippen molar-refractivity contribution in [3.05, 3.63) is 34.9 Å². The molecule has 1 aromatic rings. The Labute approximate surface area is 109 Å². The van der Waals surface area contributed by atoms with Gasteiger partial charge in [-0.25, -0.2) is 0 Å². The molecule has 1 unspecified atom stereocenters. The van der Waals surface area contributed by atoms with Gasteiger partial charge >= 0.3 is 0 Å². The molecule has 0 spiro atoms. The van der Waals surface area contributed by atoms with Crippen LogP contribution >= 0.6 is 11.6 Å². The minimum atomic E-state index is 0.509. The van der Waals surface area contributed by atoms with Gasteiger partial charge in [0.1, 0.15) is 0 Å². The summed E-state index contributed by atoms with van der Waals surface area (Å²) in [5.74, 6) is 0.743. The van der Waals surface area contributed by atoms with Crippen LogP contribution in [-0.2, 0) is 0 Å². The molecule has 1 atom stereocenters. The molecular weight excluding hydrogens is 232 g/mol. The largest absolute Gasteiger partial charge is 0.317 e. The van der Waals surface area contributed by atoms with Crippen LogP contribution in [-0.4, -0.2) is 32.1 Å². The van der Waals surface area contributed by atoms with Gasteiger partial charge in [0, 0.05) is 11.1 Å². The van der Waals surface area contributed by atoms with E-state index in [2.05, 4.69) is 36.4 Å². The fraction of sp³-hybridized carbons (Fsp3) is 0.571. The number of rotatable bonds is 3. The van der Waals surface area contributed by atoms with Crippen LogP contribution in [0.4, 0.5) is 0 Å². The lowest BCUT2D eigenvalue weighted by Crippen LogP contribution is -2.35. The Morgan fingerprint density at radius 3 is 2.29 bits per heavy atom. The first-order chi connectivity index (χ1) is 8.18. The van der Waals surface area contributed by atoms with Gasteiger partial charge < -0.3 is 10.2 Å². The number of hydrogen-bond acceptors (Lipinski definition) is 2. The van der Waals surface area contributed by atoms with E-state index < -0.39 is 0 Å². The smallest absolute Gasteiger partial charge is 0.0406 e. The lowest BCUT2D eigenvalue weighted by Gasteiger charge is -2.35. The minimum absolute atomic E-state index is 0.509. The molecule has 1 aliphatic rings. The molecule has 1 aromatic carbocycles. The standard InChI is InChI=1S/C14H21ClN2/c1-17(2)14(12-7-9-16-10-8-12)11-3-5-13(15)6-4-11/h3-6,12,14,16H,7-10H2,1-2H3. The molecule has 0 saturated carbocycles. The van der Waals surface area contributed by atoms with Gasteiger partial charge in [0.15, 0.2) is 0 Å². The van der Waals surface area contributed by atoms with E-state index in [1.54, 1.807) is 0 Å². The summed E-state index contributed by atoms with van der Waals surface area (Å²) < 4.78 is 0. The summed E-state index contributed by atoms with van der Waals surface area (Å²) in [5.41, 5.74) is 1.38. The second kappa shape index (κ2) is 5.85. The number of nitrogens with zero attached hydrogens (tertiary/aromatic N) is 1. The summed E-state index contributed by atoms with van der Waals surface area (Å²) in [6, 6.07) is 8.82. The zero-order valence-corrected chi connectivity index (χ0v) is 11.4. The first-order valence-electron chi connectivity index (χ1n) is 6.31. The number of hydrogen-bond donors (Lipinski definition) is 1. The molecule has 0 radical (unpaired) electrons. The molecule has 0 aromatic heterocycles. The summed E-state index contributed by atoms with van der Waals surface area (Å²) in [4.78, 5) is 2.33. The van der Waals surface area contributed by atoms with Crippen LogP contribution in [0.1, 0.15) is 24.4 Å². The number of piperidine rings is 1. The number of halogens is 1.